The number of aromatic nitrogens is 6. The highest BCUT2D eigenvalue weighted by atomic mass is 79.9. The van der Waals surface area contributed by atoms with E-state index in [1.54, 1.807) is 17.1 Å². The van der Waals surface area contributed by atoms with Gasteiger partial charge < -0.3 is 11.5 Å². The summed E-state index contributed by atoms with van der Waals surface area (Å²) in [5.74, 6) is 1.78. The largest absolute Gasteiger partial charge is 0.383 e. The van der Waals surface area contributed by atoms with Crippen molar-refractivity contribution in [1.29, 1.82) is 0 Å². The Balaban J connectivity index is 1.67. The van der Waals surface area contributed by atoms with Crippen molar-refractivity contribution in [3.05, 3.63) is 76.7 Å². The number of pyridine rings is 2. The van der Waals surface area contributed by atoms with Crippen LogP contribution < -0.4 is 11.5 Å². The normalized spacial score (nSPS) is 15.4. The maximum atomic E-state index is 6.27. The average Bonchev–Trinajstić information content (AvgIpc) is 3.53. The van der Waals surface area contributed by atoms with Crippen molar-refractivity contribution in [3.63, 3.8) is 0 Å². The van der Waals surface area contributed by atoms with Crippen LogP contribution >= 0.6 is 15.9 Å². The molecule has 4 heterocycles. The molecule has 158 valence electrons. The van der Waals surface area contributed by atoms with Crippen molar-refractivity contribution in [2.75, 3.05) is 5.73 Å². The summed E-state index contributed by atoms with van der Waals surface area (Å²) in [6.45, 7) is 0. The minimum atomic E-state index is 0.0886. The summed E-state index contributed by atoms with van der Waals surface area (Å²) in [6.07, 6.45) is 7.17. The molecule has 8 nitrogen and oxygen atoms in total. The van der Waals surface area contributed by atoms with Crippen LogP contribution in [0, 0.1) is 0 Å². The third kappa shape index (κ3) is 2.93. The fourth-order valence-corrected chi connectivity index (χ4v) is 4.80. The maximum absolute atomic E-state index is 6.27. The quantitative estimate of drug-likeness (QED) is 0.398. The molecular formula is C23H19BrN8. The molecule has 9 heteroatoms. The summed E-state index contributed by atoms with van der Waals surface area (Å²) in [4.78, 5) is 14.1. The summed E-state index contributed by atoms with van der Waals surface area (Å²) in [6, 6.07) is 14.0. The summed E-state index contributed by atoms with van der Waals surface area (Å²) < 4.78 is 4.57. The SMILES string of the molecule is Nc1ncccc1-c1nc2c(Br)cc(-n3cccn3)nc2n1-c1ccc2c(c1)CC[C@@H]2N. The molecule has 5 aromatic rings. The van der Waals surface area contributed by atoms with Crippen molar-refractivity contribution in [2.24, 2.45) is 5.73 Å². The first-order chi connectivity index (χ1) is 15.6. The Morgan fingerprint density at radius 1 is 1.06 bits per heavy atom. The van der Waals surface area contributed by atoms with Crippen LogP contribution in [0.25, 0.3) is 34.1 Å². The number of hydrogen-bond donors (Lipinski definition) is 2. The first-order valence-corrected chi connectivity index (χ1v) is 11.1. The van der Waals surface area contributed by atoms with Gasteiger partial charge in [0.15, 0.2) is 17.3 Å². The molecule has 0 aliphatic heterocycles. The van der Waals surface area contributed by atoms with Gasteiger partial charge in [0.05, 0.1) is 10.0 Å². The number of halogens is 1. The predicted octanol–water partition coefficient (Wildman–Crippen LogP) is 3.96. The van der Waals surface area contributed by atoms with E-state index < -0.39 is 0 Å². The second-order valence-electron chi connectivity index (χ2n) is 7.82. The van der Waals surface area contributed by atoms with Crippen molar-refractivity contribution >= 4 is 32.9 Å². The lowest BCUT2D eigenvalue weighted by Gasteiger charge is -2.13. The molecule has 4 aromatic heterocycles. The topological polar surface area (TPSA) is 113 Å². The van der Waals surface area contributed by atoms with Crippen LogP contribution in [0.5, 0.6) is 0 Å². The highest BCUT2D eigenvalue weighted by Gasteiger charge is 2.24. The van der Waals surface area contributed by atoms with Crippen LogP contribution in [0.4, 0.5) is 5.82 Å². The summed E-state index contributed by atoms with van der Waals surface area (Å²) in [5, 5.41) is 4.33. The second-order valence-corrected chi connectivity index (χ2v) is 8.67. The van der Waals surface area contributed by atoms with Gasteiger partial charge >= 0.3 is 0 Å². The highest BCUT2D eigenvalue weighted by Crippen LogP contribution is 2.36. The van der Waals surface area contributed by atoms with Crippen molar-refractivity contribution in [1.82, 2.24) is 29.3 Å². The molecule has 0 spiro atoms. The molecule has 0 unspecified atom stereocenters. The maximum Gasteiger partial charge on any atom is 0.168 e. The Kier molecular flexibility index (Phi) is 4.34. The Labute approximate surface area is 192 Å². The van der Waals surface area contributed by atoms with Crippen LogP contribution in [0.2, 0.25) is 0 Å². The molecule has 0 radical (unpaired) electrons. The van der Waals surface area contributed by atoms with Gasteiger partial charge in [0, 0.05) is 30.3 Å². The van der Waals surface area contributed by atoms with E-state index >= 15 is 0 Å². The smallest absolute Gasteiger partial charge is 0.168 e. The minimum Gasteiger partial charge on any atom is -0.383 e. The molecule has 32 heavy (non-hydrogen) atoms. The Bertz CT molecular complexity index is 1470. The molecule has 1 aliphatic carbocycles. The molecule has 0 fully saturated rings. The number of hydrogen-bond acceptors (Lipinski definition) is 6. The first-order valence-electron chi connectivity index (χ1n) is 10.3. The van der Waals surface area contributed by atoms with Crippen molar-refractivity contribution in [2.45, 2.75) is 18.9 Å². The van der Waals surface area contributed by atoms with Gasteiger partial charge in [-0.1, -0.05) is 6.07 Å². The number of anilines is 1. The highest BCUT2D eigenvalue weighted by molar-refractivity contribution is 9.10. The van der Waals surface area contributed by atoms with E-state index in [4.69, 9.17) is 21.4 Å². The Morgan fingerprint density at radius 3 is 2.78 bits per heavy atom. The summed E-state index contributed by atoms with van der Waals surface area (Å²) in [5.41, 5.74) is 18.1. The van der Waals surface area contributed by atoms with Gasteiger partial charge in [-0.05, 0) is 76.3 Å². The van der Waals surface area contributed by atoms with Crippen molar-refractivity contribution < 1.29 is 0 Å². The minimum absolute atomic E-state index is 0.0886. The van der Waals surface area contributed by atoms with Gasteiger partial charge in [-0.3, -0.25) is 4.57 Å². The number of nitrogen functional groups attached to an aromatic ring is 1. The van der Waals surface area contributed by atoms with E-state index in [1.807, 2.05) is 35.0 Å². The molecule has 1 aromatic carbocycles. The number of benzene rings is 1. The Hall–Kier alpha value is -3.56. The zero-order chi connectivity index (χ0) is 21.8. The van der Waals surface area contributed by atoms with E-state index in [0.717, 1.165) is 34.1 Å². The molecule has 0 bridgehead atoms. The Morgan fingerprint density at radius 2 is 1.97 bits per heavy atom. The number of fused-ring (bicyclic) bond motifs is 2. The van der Waals surface area contributed by atoms with E-state index in [-0.39, 0.29) is 6.04 Å². The van der Waals surface area contributed by atoms with Gasteiger partial charge in [-0.2, -0.15) is 5.10 Å². The third-order valence-corrected chi connectivity index (χ3v) is 6.49. The third-order valence-electron chi connectivity index (χ3n) is 5.88. The fourth-order valence-electron chi connectivity index (χ4n) is 4.33. The van der Waals surface area contributed by atoms with E-state index in [2.05, 4.69) is 44.2 Å². The zero-order valence-electron chi connectivity index (χ0n) is 17.0. The molecule has 1 atom stereocenters. The molecule has 4 N–H and O–H groups in total. The van der Waals surface area contributed by atoms with Gasteiger partial charge in [0.25, 0.3) is 0 Å². The molecule has 1 aliphatic rings. The van der Waals surface area contributed by atoms with Crippen molar-refractivity contribution in [3.8, 4) is 22.9 Å². The van der Waals surface area contributed by atoms with E-state index in [9.17, 15) is 0 Å². The molecule has 0 amide bonds. The predicted molar refractivity (Wildman–Crippen MR) is 127 cm³/mol. The van der Waals surface area contributed by atoms with Crippen LogP contribution in [0.1, 0.15) is 23.6 Å². The van der Waals surface area contributed by atoms with E-state index in [1.165, 1.54) is 11.1 Å². The average molecular weight is 487 g/mol. The fraction of sp³-hybridized carbons (Fsp3) is 0.130. The van der Waals surface area contributed by atoms with Crippen LogP contribution in [0.15, 0.2) is 65.5 Å². The molecule has 0 saturated heterocycles. The number of nitrogens with zero attached hydrogens (tertiary/aromatic N) is 6. The lowest BCUT2D eigenvalue weighted by Crippen LogP contribution is -2.06. The van der Waals surface area contributed by atoms with Crippen LogP contribution in [0.3, 0.4) is 0 Å². The van der Waals surface area contributed by atoms with E-state index in [0.29, 0.717) is 23.1 Å². The number of aryl methyl sites for hydroxylation is 1. The lowest BCUT2D eigenvalue weighted by molar-refractivity contribution is 0.713. The number of rotatable bonds is 3. The molecule has 0 saturated carbocycles. The number of imidazole rings is 1. The lowest BCUT2D eigenvalue weighted by atomic mass is 10.1. The molecule has 6 rings (SSSR count). The second kappa shape index (κ2) is 7.25. The van der Waals surface area contributed by atoms with Gasteiger partial charge in [0.2, 0.25) is 0 Å². The number of nitrogens with two attached hydrogens (primary N) is 2. The summed E-state index contributed by atoms with van der Waals surface area (Å²) >= 11 is 3.68. The van der Waals surface area contributed by atoms with Gasteiger partial charge in [-0.25, -0.2) is 19.6 Å². The van der Waals surface area contributed by atoms with Crippen LogP contribution in [-0.4, -0.2) is 29.3 Å². The summed E-state index contributed by atoms with van der Waals surface area (Å²) in [7, 11) is 0. The standard InChI is InChI=1S/C23H19BrN8/c24-17-12-19(31-10-2-9-28-31)29-23-20(17)30-22(16-3-1-8-27-21(16)26)32(23)14-5-6-15-13(11-14)4-7-18(15)25/h1-3,5-6,8-12,18H,4,7,25H2,(H2,26,27)/t18-/m0/s1. The monoisotopic (exact) mass is 486 g/mol. The van der Waals surface area contributed by atoms with Gasteiger partial charge in [-0.15, -0.1) is 0 Å². The zero-order valence-corrected chi connectivity index (χ0v) is 18.6. The first kappa shape index (κ1) is 19.1. The molecular weight excluding hydrogens is 468 g/mol. The van der Waals surface area contributed by atoms with Gasteiger partial charge in [0.1, 0.15) is 11.3 Å². The van der Waals surface area contributed by atoms with Crippen LogP contribution in [-0.2, 0) is 6.42 Å².